The van der Waals surface area contributed by atoms with Crippen molar-refractivity contribution in [1.29, 1.82) is 0 Å². The van der Waals surface area contributed by atoms with Gasteiger partial charge in [-0.25, -0.2) is 0 Å². The van der Waals surface area contributed by atoms with E-state index in [1.807, 2.05) is 23.5 Å². The lowest BCUT2D eigenvalue weighted by Crippen LogP contribution is -1.69. The van der Waals surface area contributed by atoms with Gasteiger partial charge in [0.05, 0.1) is 0 Å². The maximum Gasteiger partial charge on any atom is 0.0406 e. The highest BCUT2D eigenvalue weighted by molar-refractivity contribution is 7.22. The Kier molecular flexibility index (Phi) is 2.43. The van der Waals surface area contributed by atoms with Crippen molar-refractivity contribution in [3.8, 4) is 10.4 Å². The first-order valence-corrected chi connectivity index (χ1v) is 6.27. The molecule has 1 aromatic heterocycles. The lowest BCUT2D eigenvalue weighted by molar-refractivity contribution is 1.70. The quantitative estimate of drug-likeness (QED) is 0.550. The maximum absolute atomic E-state index is 5.88. The van der Waals surface area contributed by atoms with Gasteiger partial charge in [0.15, 0.2) is 0 Å². The number of thiophene rings is 1. The van der Waals surface area contributed by atoms with Crippen molar-refractivity contribution < 1.29 is 0 Å². The Morgan fingerprint density at radius 2 is 1.62 bits per heavy atom. The van der Waals surface area contributed by atoms with E-state index in [1.54, 1.807) is 0 Å². The zero-order valence-electron chi connectivity index (χ0n) is 8.48. The molecule has 0 N–H and O–H groups in total. The van der Waals surface area contributed by atoms with E-state index in [-0.39, 0.29) is 0 Å². The van der Waals surface area contributed by atoms with Gasteiger partial charge in [0, 0.05) is 14.6 Å². The van der Waals surface area contributed by atoms with E-state index in [1.165, 1.54) is 20.5 Å². The highest BCUT2D eigenvalue weighted by atomic mass is 35.5. The zero-order valence-corrected chi connectivity index (χ0v) is 10.1. The van der Waals surface area contributed by atoms with E-state index in [0.29, 0.717) is 0 Å². The minimum absolute atomic E-state index is 0.782. The zero-order chi connectivity index (χ0) is 11.0. The van der Waals surface area contributed by atoms with Crippen molar-refractivity contribution in [1.82, 2.24) is 0 Å². The fourth-order valence-corrected chi connectivity index (χ4v) is 2.93. The molecule has 0 aliphatic heterocycles. The Bertz CT molecular complexity index is 590. The van der Waals surface area contributed by atoms with Gasteiger partial charge in [0.2, 0.25) is 0 Å². The third-order valence-corrected chi connectivity index (χ3v) is 3.97. The second-order valence-electron chi connectivity index (χ2n) is 3.66. The first-order valence-electron chi connectivity index (χ1n) is 5.07. The Hall–Kier alpha value is -1.31. The fraction of sp³-hybridized carbons (Fsp3) is 0. The molecular formula is C14H9ClS. The maximum atomic E-state index is 5.88. The first-order chi connectivity index (χ1) is 7.83. The summed E-state index contributed by atoms with van der Waals surface area (Å²) in [6.45, 7) is 0. The normalized spacial score (nSPS) is 10.8. The molecule has 0 fully saturated rings. The number of hydrogen-bond donors (Lipinski definition) is 0. The molecule has 0 amide bonds. The lowest BCUT2D eigenvalue weighted by Gasteiger charge is -1.95. The van der Waals surface area contributed by atoms with Crippen molar-refractivity contribution in [3.63, 3.8) is 0 Å². The standard InChI is InChI=1S/C14H9ClS/c15-12-7-5-10(6-8-12)14-9-11-3-1-2-4-13(11)16-14/h1-9H. The van der Waals surface area contributed by atoms with Crippen LogP contribution in [0.3, 0.4) is 0 Å². The molecule has 3 rings (SSSR count). The molecule has 0 aliphatic carbocycles. The Morgan fingerprint density at radius 1 is 0.875 bits per heavy atom. The summed E-state index contributed by atoms with van der Waals surface area (Å²) >= 11 is 7.69. The van der Waals surface area contributed by atoms with Crippen molar-refractivity contribution in [2.45, 2.75) is 0 Å². The molecule has 3 aromatic rings. The van der Waals surface area contributed by atoms with Crippen molar-refractivity contribution in [3.05, 3.63) is 59.6 Å². The van der Waals surface area contributed by atoms with E-state index in [4.69, 9.17) is 11.6 Å². The van der Waals surface area contributed by atoms with Gasteiger partial charge in [-0.15, -0.1) is 11.3 Å². The lowest BCUT2D eigenvalue weighted by atomic mass is 10.1. The summed E-state index contributed by atoms with van der Waals surface area (Å²) in [4.78, 5) is 1.29. The monoisotopic (exact) mass is 244 g/mol. The van der Waals surface area contributed by atoms with Gasteiger partial charge in [0.1, 0.15) is 0 Å². The van der Waals surface area contributed by atoms with Crippen LogP contribution in [0.4, 0.5) is 0 Å². The number of rotatable bonds is 1. The molecule has 2 heteroatoms. The average Bonchev–Trinajstić information content (AvgIpc) is 2.73. The van der Waals surface area contributed by atoms with Gasteiger partial charge >= 0.3 is 0 Å². The van der Waals surface area contributed by atoms with Crippen LogP contribution in [-0.4, -0.2) is 0 Å². The number of benzene rings is 2. The molecule has 0 atom stereocenters. The van der Waals surface area contributed by atoms with Crippen molar-refractivity contribution in [2.75, 3.05) is 0 Å². The first kappa shape index (κ1) is 9.88. The SMILES string of the molecule is Clc1ccc(-c2cc3ccccc3s2)cc1. The van der Waals surface area contributed by atoms with E-state index in [2.05, 4.69) is 42.5 Å². The van der Waals surface area contributed by atoms with E-state index >= 15 is 0 Å². The van der Waals surface area contributed by atoms with Gasteiger partial charge in [-0.05, 0) is 35.2 Å². The molecule has 0 radical (unpaired) electrons. The van der Waals surface area contributed by atoms with Gasteiger partial charge in [0.25, 0.3) is 0 Å². The molecule has 0 bridgehead atoms. The molecule has 0 aliphatic rings. The molecule has 0 saturated heterocycles. The fourth-order valence-electron chi connectivity index (χ4n) is 1.74. The predicted molar refractivity (Wildman–Crippen MR) is 72.3 cm³/mol. The topological polar surface area (TPSA) is 0 Å². The molecule has 0 nitrogen and oxygen atoms in total. The number of fused-ring (bicyclic) bond motifs is 1. The Morgan fingerprint density at radius 3 is 2.38 bits per heavy atom. The van der Waals surface area contributed by atoms with E-state index in [0.717, 1.165) is 5.02 Å². The molecule has 78 valence electrons. The summed E-state index contributed by atoms with van der Waals surface area (Å²) in [7, 11) is 0. The van der Waals surface area contributed by atoms with Crippen LogP contribution in [-0.2, 0) is 0 Å². The Labute approximate surface area is 103 Å². The van der Waals surface area contributed by atoms with Crippen LogP contribution >= 0.6 is 22.9 Å². The summed E-state index contributed by atoms with van der Waals surface area (Å²) in [6.07, 6.45) is 0. The van der Waals surface area contributed by atoms with Crippen LogP contribution in [0.2, 0.25) is 5.02 Å². The number of halogens is 1. The third kappa shape index (κ3) is 1.73. The van der Waals surface area contributed by atoms with Gasteiger partial charge in [-0.1, -0.05) is 41.9 Å². The molecule has 0 saturated carbocycles. The van der Waals surface area contributed by atoms with E-state index in [9.17, 15) is 0 Å². The smallest absolute Gasteiger partial charge is 0.0406 e. The van der Waals surface area contributed by atoms with Gasteiger partial charge in [-0.2, -0.15) is 0 Å². The second-order valence-corrected chi connectivity index (χ2v) is 5.18. The molecule has 0 unspecified atom stereocenters. The summed E-state index contributed by atoms with van der Waals surface area (Å²) in [5.41, 5.74) is 1.23. The van der Waals surface area contributed by atoms with Crippen LogP contribution in [0.15, 0.2) is 54.6 Å². The highest BCUT2D eigenvalue weighted by Gasteiger charge is 2.03. The van der Waals surface area contributed by atoms with Crippen LogP contribution in [0.5, 0.6) is 0 Å². The largest absolute Gasteiger partial charge is 0.135 e. The van der Waals surface area contributed by atoms with Gasteiger partial charge < -0.3 is 0 Å². The summed E-state index contributed by atoms with van der Waals surface area (Å²) in [5.74, 6) is 0. The Balaban J connectivity index is 2.15. The molecule has 2 aromatic carbocycles. The minimum atomic E-state index is 0.782. The molecule has 0 spiro atoms. The summed E-state index contributed by atoms with van der Waals surface area (Å²) in [5, 5.41) is 2.09. The molecule has 16 heavy (non-hydrogen) atoms. The van der Waals surface area contributed by atoms with Gasteiger partial charge in [-0.3, -0.25) is 0 Å². The second kappa shape index (κ2) is 3.93. The van der Waals surface area contributed by atoms with Crippen molar-refractivity contribution >= 4 is 33.0 Å². The molecular weight excluding hydrogens is 236 g/mol. The van der Waals surface area contributed by atoms with Crippen LogP contribution in [0.25, 0.3) is 20.5 Å². The summed E-state index contributed by atoms with van der Waals surface area (Å²) < 4.78 is 1.33. The number of hydrogen-bond acceptors (Lipinski definition) is 1. The predicted octanol–water partition coefficient (Wildman–Crippen LogP) is 5.22. The van der Waals surface area contributed by atoms with Crippen LogP contribution in [0, 0.1) is 0 Å². The van der Waals surface area contributed by atoms with E-state index < -0.39 is 0 Å². The van der Waals surface area contributed by atoms with Crippen LogP contribution < -0.4 is 0 Å². The average molecular weight is 245 g/mol. The van der Waals surface area contributed by atoms with Crippen LogP contribution in [0.1, 0.15) is 0 Å². The summed E-state index contributed by atoms with van der Waals surface area (Å²) in [6, 6.07) is 18.7. The highest BCUT2D eigenvalue weighted by Crippen LogP contribution is 2.33. The third-order valence-electron chi connectivity index (χ3n) is 2.55. The van der Waals surface area contributed by atoms with Crippen molar-refractivity contribution in [2.24, 2.45) is 0 Å². The molecule has 1 heterocycles. The minimum Gasteiger partial charge on any atom is -0.135 e.